The molecule has 0 amide bonds. The Bertz CT molecular complexity index is 145. The van der Waals surface area contributed by atoms with Crippen molar-refractivity contribution in [2.75, 3.05) is 6.54 Å². The van der Waals surface area contributed by atoms with Crippen LogP contribution in [0.15, 0.2) is 12.8 Å². The molecule has 0 fully saturated rings. The van der Waals surface area contributed by atoms with Crippen molar-refractivity contribution in [1.29, 1.82) is 0 Å². The maximum atomic E-state index is 11.0. The first-order chi connectivity index (χ1) is 5.72. The molecule has 70 valence electrons. The Morgan fingerprint density at radius 1 is 1.67 bits per heavy atom. The lowest BCUT2D eigenvalue weighted by Gasteiger charge is -2.12. The van der Waals surface area contributed by atoms with E-state index in [4.69, 9.17) is 5.73 Å². The van der Waals surface area contributed by atoms with Crippen molar-refractivity contribution in [1.82, 2.24) is 5.32 Å². The molecule has 0 heterocycles. The fourth-order valence-electron chi connectivity index (χ4n) is 1.04. The van der Waals surface area contributed by atoms with Crippen molar-refractivity contribution >= 4 is 5.78 Å². The highest BCUT2D eigenvalue weighted by Gasteiger charge is 2.10. The monoisotopic (exact) mass is 170 g/mol. The molecule has 1 atom stereocenters. The molecule has 0 aromatic rings. The van der Waals surface area contributed by atoms with E-state index >= 15 is 0 Å². The Morgan fingerprint density at radius 3 is 2.75 bits per heavy atom. The third kappa shape index (κ3) is 4.91. The van der Waals surface area contributed by atoms with Crippen LogP contribution < -0.4 is 11.1 Å². The molecule has 0 saturated heterocycles. The van der Waals surface area contributed by atoms with E-state index in [-0.39, 0.29) is 11.8 Å². The molecule has 0 aliphatic rings. The number of hydrogen-bond donors (Lipinski definition) is 2. The molecule has 3 heteroatoms. The molecule has 0 unspecified atom stereocenters. The van der Waals surface area contributed by atoms with Crippen molar-refractivity contribution in [3.8, 4) is 0 Å². The summed E-state index contributed by atoms with van der Waals surface area (Å²) in [5.74, 6) is 0.159. The minimum atomic E-state index is -0.0750. The van der Waals surface area contributed by atoms with Gasteiger partial charge in [0.25, 0.3) is 0 Å². The zero-order chi connectivity index (χ0) is 9.40. The molecule has 0 aromatic carbocycles. The van der Waals surface area contributed by atoms with Gasteiger partial charge < -0.3 is 11.1 Å². The Labute approximate surface area is 74.0 Å². The Kier molecular flexibility index (Phi) is 6.38. The summed E-state index contributed by atoms with van der Waals surface area (Å²) in [7, 11) is 0. The van der Waals surface area contributed by atoms with Crippen LogP contribution in [0.4, 0.5) is 0 Å². The first-order valence-electron chi connectivity index (χ1n) is 4.29. The number of carbonyl (C=O) groups is 1. The number of ketones is 1. The molecule has 0 bridgehead atoms. The molecule has 0 radical (unpaired) electrons. The summed E-state index contributed by atoms with van der Waals surface area (Å²) in [6, 6.07) is -0.0750. The van der Waals surface area contributed by atoms with E-state index in [0.29, 0.717) is 6.54 Å². The standard InChI is InChI=1S/C9H18N2O/c1-3-11-9(8(2)12)6-4-5-7-10/h3,9,11H,1,4-7,10H2,2H3/t9-/m0/s1. The smallest absolute Gasteiger partial charge is 0.151 e. The highest BCUT2D eigenvalue weighted by atomic mass is 16.1. The van der Waals surface area contributed by atoms with Crippen molar-refractivity contribution in [3.63, 3.8) is 0 Å². The largest absolute Gasteiger partial charge is 0.382 e. The quantitative estimate of drug-likeness (QED) is 0.556. The topological polar surface area (TPSA) is 55.1 Å². The normalized spacial score (nSPS) is 12.2. The molecule has 0 aromatic heterocycles. The highest BCUT2D eigenvalue weighted by molar-refractivity contribution is 5.81. The maximum absolute atomic E-state index is 11.0. The SMILES string of the molecule is C=CN[C@@H](CCCCN)C(C)=O. The van der Waals surface area contributed by atoms with E-state index < -0.39 is 0 Å². The lowest BCUT2D eigenvalue weighted by molar-refractivity contribution is -0.118. The minimum Gasteiger partial charge on any atom is -0.382 e. The van der Waals surface area contributed by atoms with E-state index in [1.807, 2.05) is 0 Å². The molecule has 0 aliphatic carbocycles. The van der Waals surface area contributed by atoms with Crippen LogP contribution in [0.2, 0.25) is 0 Å². The van der Waals surface area contributed by atoms with Crippen LogP contribution in [0.1, 0.15) is 26.2 Å². The zero-order valence-electron chi connectivity index (χ0n) is 7.68. The zero-order valence-corrected chi connectivity index (χ0v) is 7.68. The summed E-state index contributed by atoms with van der Waals surface area (Å²) < 4.78 is 0. The Balaban J connectivity index is 3.63. The van der Waals surface area contributed by atoms with Crippen LogP contribution in [0, 0.1) is 0 Å². The summed E-state index contributed by atoms with van der Waals surface area (Å²) in [4.78, 5) is 11.0. The van der Waals surface area contributed by atoms with Crippen molar-refractivity contribution in [3.05, 3.63) is 12.8 Å². The summed E-state index contributed by atoms with van der Waals surface area (Å²) >= 11 is 0. The van der Waals surface area contributed by atoms with Crippen LogP contribution in [0.25, 0.3) is 0 Å². The third-order valence-corrected chi connectivity index (χ3v) is 1.76. The summed E-state index contributed by atoms with van der Waals surface area (Å²) in [6.07, 6.45) is 4.37. The van der Waals surface area contributed by atoms with Gasteiger partial charge in [0.15, 0.2) is 5.78 Å². The molecular formula is C9H18N2O. The van der Waals surface area contributed by atoms with Crippen LogP contribution >= 0.6 is 0 Å². The lowest BCUT2D eigenvalue weighted by Crippen LogP contribution is -2.31. The van der Waals surface area contributed by atoms with Gasteiger partial charge in [-0.2, -0.15) is 0 Å². The molecule has 0 aliphatic heterocycles. The van der Waals surface area contributed by atoms with Crippen LogP contribution in [0.3, 0.4) is 0 Å². The number of rotatable bonds is 7. The van der Waals surface area contributed by atoms with Crippen LogP contribution in [-0.2, 0) is 4.79 Å². The van der Waals surface area contributed by atoms with Crippen LogP contribution in [0.5, 0.6) is 0 Å². The molecular weight excluding hydrogens is 152 g/mol. The molecule has 12 heavy (non-hydrogen) atoms. The van der Waals surface area contributed by atoms with Gasteiger partial charge in [0, 0.05) is 0 Å². The van der Waals surface area contributed by atoms with Crippen LogP contribution in [-0.4, -0.2) is 18.4 Å². The van der Waals surface area contributed by atoms with Gasteiger partial charge in [-0.1, -0.05) is 6.58 Å². The lowest BCUT2D eigenvalue weighted by atomic mass is 10.1. The van der Waals surface area contributed by atoms with Crippen molar-refractivity contribution < 1.29 is 4.79 Å². The van der Waals surface area contributed by atoms with Gasteiger partial charge in [0.1, 0.15) is 0 Å². The molecule has 0 spiro atoms. The van der Waals surface area contributed by atoms with Gasteiger partial charge in [0.05, 0.1) is 6.04 Å². The van der Waals surface area contributed by atoms with Gasteiger partial charge in [-0.3, -0.25) is 4.79 Å². The van der Waals surface area contributed by atoms with Gasteiger partial charge in [-0.05, 0) is 38.9 Å². The number of hydrogen-bond acceptors (Lipinski definition) is 3. The molecule has 0 rings (SSSR count). The van der Waals surface area contributed by atoms with Crippen molar-refractivity contribution in [2.24, 2.45) is 5.73 Å². The second-order valence-electron chi connectivity index (χ2n) is 2.82. The van der Waals surface area contributed by atoms with E-state index in [1.165, 1.54) is 0 Å². The second kappa shape index (κ2) is 6.85. The number of unbranched alkanes of at least 4 members (excludes halogenated alkanes) is 1. The van der Waals surface area contributed by atoms with E-state index in [0.717, 1.165) is 19.3 Å². The Morgan fingerprint density at radius 2 is 2.33 bits per heavy atom. The number of carbonyl (C=O) groups excluding carboxylic acids is 1. The average molecular weight is 170 g/mol. The van der Waals surface area contributed by atoms with E-state index in [1.54, 1.807) is 13.1 Å². The first-order valence-corrected chi connectivity index (χ1v) is 4.29. The fourth-order valence-corrected chi connectivity index (χ4v) is 1.04. The predicted octanol–water partition coefficient (Wildman–Crippen LogP) is 0.806. The summed E-state index contributed by atoms with van der Waals surface area (Å²) in [6.45, 7) is 5.80. The number of nitrogens with two attached hydrogens (primary N) is 1. The average Bonchev–Trinajstić information content (AvgIpc) is 2.03. The fraction of sp³-hybridized carbons (Fsp3) is 0.667. The van der Waals surface area contributed by atoms with Gasteiger partial charge in [-0.15, -0.1) is 0 Å². The molecule has 3 nitrogen and oxygen atoms in total. The minimum absolute atomic E-state index is 0.0750. The highest BCUT2D eigenvalue weighted by Crippen LogP contribution is 2.01. The second-order valence-corrected chi connectivity index (χ2v) is 2.82. The number of nitrogens with one attached hydrogen (secondary N) is 1. The predicted molar refractivity (Wildman–Crippen MR) is 50.7 cm³/mol. The number of Topliss-reactive ketones (excluding diaryl/α,β-unsaturated/α-hetero) is 1. The maximum Gasteiger partial charge on any atom is 0.151 e. The van der Waals surface area contributed by atoms with E-state index in [9.17, 15) is 4.79 Å². The molecule has 0 saturated carbocycles. The van der Waals surface area contributed by atoms with Gasteiger partial charge in [-0.25, -0.2) is 0 Å². The van der Waals surface area contributed by atoms with Gasteiger partial charge >= 0.3 is 0 Å². The molecule has 3 N–H and O–H groups in total. The van der Waals surface area contributed by atoms with Crippen molar-refractivity contribution in [2.45, 2.75) is 32.2 Å². The summed E-state index contributed by atoms with van der Waals surface area (Å²) in [5, 5.41) is 2.91. The first kappa shape index (κ1) is 11.2. The third-order valence-electron chi connectivity index (χ3n) is 1.76. The van der Waals surface area contributed by atoms with E-state index in [2.05, 4.69) is 11.9 Å². The Hall–Kier alpha value is -0.830. The summed E-state index contributed by atoms with van der Waals surface area (Å²) in [5.41, 5.74) is 5.34. The van der Waals surface area contributed by atoms with Gasteiger partial charge in [0.2, 0.25) is 0 Å².